The van der Waals surface area contributed by atoms with Crippen LogP contribution in [0.15, 0.2) is 182 Å². The number of hydrogen-bond acceptors (Lipinski definition) is 3. The minimum Gasteiger partial charge on any atom is -0.310 e. The van der Waals surface area contributed by atoms with E-state index < -0.39 is 5.41 Å². The number of rotatable bonds is 6. The van der Waals surface area contributed by atoms with Crippen molar-refractivity contribution in [3.8, 4) is 21.7 Å². The van der Waals surface area contributed by atoms with Crippen molar-refractivity contribution < 1.29 is 0 Å². The van der Waals surface area contributed by atoms with Crippen LogP contribution in [-0.4, -0.2) is 4.98 Å². The summed E-state index contributed by atoms with van der Waals surface area (Å²) in [6.07, 6.45) is 0. The summed E-state index contributed by atoms with van der Waals surface area (Å²) in [6, 6.07) is 65.7. The molecule has 222 valence electrons. The van der Waals surface area contributed by atoms with Gasteiger partial charge >= 0.3 is 0 Å². The summed E-state index contributed by atoms with van der Waals surface area (Å²) in [5, 5.41) is 1.04. The highest BCUT2D eigenvalue weighted by atomic mass is 32.1. The third-order valence-electron chi connectivity index (χ3n) is 9.36. The maximum atomic E-state index is 5.09. The molecule has 1 aliphatic carbocycles. The van der Waals surface area contributed by atoms with Crippen molar-refractivity contribution in [3.63, 3.8) is 0 Å². The first-order valence-electron chi connectivity index (χ1n) is 16.0. The summed E-state index contributed by atoms with van der Waals surface area (Å²) < 4.78 is 1.18. The molecule has 1 aliphatic rings. The van der Waals surface area contributed by atoms with Gasteiger partial charge in [-0.05, 0) is 75.8 Å². The van der Waals surface area contributed by atoms with Gasteiger partial charge in [0, 0.05) is 22.6 Å². The first kappa shape index (κ1) is 27.5. The van der Waals surface area contributed by atoms with Gasteiger partial charge in [0.05, 0.1) is 15.6 Å². The lowest BCUT2D eigenvalue weighted by Crippen LogP contribution is -2.28. The Morgan fingerprint density at radius 2 is 1.00 bits per heavy atom. The maximum absolute atomic E-state index is 5.09. The van der Waals surface area contributed by atoms with E-state index in [1.807, 2.05) is 6.07 Å². The van der Waals surface area contributed by atoms with E-state index in [0.29, 0.717) is 0 Å². The van der Waals surface area contributed by atoms with E-state index in [-0.39, 0.29) is 0 Å². The molecule has 0 radical (unpaired) electrons. The Labute approximate surface area is 278 Å². The van der Waals surface area contributed by atoms with Crippen molar-refractivity contribution in [2.24, 2.45) is 0 Å². The van der Waals surface area contributed by atoms with Gasteiger partial charge in [-0.2, -0.15) is 0 Å². The fourth-order valence-corrected chi connectivity index (χ4v) is 8.31. The third-order valence-corrected chi connectivity index (χ3v) is 10.5. The van der Waals surface area contributed by atoms with Gasteiger partial charge < -0.3 is 4.90 Å². The number of fused-ring (bicyclic) bond motifs is 4. The van der Waals surface area contributed by atoms with Gasteiger partial charge in [-0.3, -0.25) is 0 Å². The fourth-order valence-electron chi connectivity index (χ4n) is 7.35. The predicted octanol–water partition coefficient (Wildman–Crippen LogP) is 11.8. The van der Waals surface area contributed by atoms with Gasteiger partial charge in [-0.25, -0.2) is 4.98 Å². The van der Waals surface area contributed by atoms with Crippen LogP contribution in [0.3, 0.4) is 0 Å². The molecular weight excluding hydrogens is 589 g/mol. The summed E-state index contributed by atoms with van der Waals surface area (Å²) in [5.41, 5.74) is 12.7. The highest BCUT2D eigenvalue weighted by Crippen LogP contribution is 2.57. The molecule has 9 rings (SSSR count). The molecule has 1 aromatic heterocycles. The highest BCUT2D eigenvalue weighted by Gasteiger charge is 2.46. The second-order valence-corrected chi connectivity index (χ2v) is 13.0. The van der Waals surface area contributed by atoms with E-state index in [1.165, 1.54) is 38.1 Å². The second kappa shape index (κ2) is 11.2. The molecule has 0 bridgehead atoms. The average Bonchev–Trinajstić information content (AvgIpc) is 3.71. The van der Waals surface area contributed by atoms with E-state index >= 15 is 0 Å². The van der Waals surface area contributed by atoms with Gasteiger partial charge in [0.15, 0.2) is 0 Å². The molecule has 8 aromatic rings. The standard InChI is InChI=1S/C44H30N2S/c1-5-15-31(16-6-1)43-45-41-30-36(26-28-42(41)47-43)46(34-21-11-4-12-22-34)35-25-27-38-37-23-13-14-24-39(37)44(40(38)29-35,32-17-7-2-8-18-32)33-19-9-3-10-20-33/h1-30H. The first-order valence-corrected chi connectivity index (χ1v) is 16.8. The van der Waals surface area contributed by atoms with Crippen LogP contribution in [0.2, 0.25) is 0 Å². The lowest BCUT2D eigenvalue weighted by Gasteiger charge is -2.35. The number of hydrogen-bond donors (Lipinski definition) is 0. The number of thiazole rings is 1. The Morgan fingerprint density at radius 1 is 0.447 bits per heavy atom. The summed E-state index contributed by atoms with van der Waals surface area (Å²) in [5.74, 6) is 0. The van der Waals surface area contributed by atoms with Crippen molar-refractivity contribution in [3.05, 3.63) is 204 Å². The summed E-state index contributed by atoms with van der Waals surface area (Å²) in [6.45, 7) is 0. The van der Waals surface area contributed by atoms with Crippen LogP contribution >= 0.6 is 11.3 Å². The molecule has 0 amide bonds. The Kier molecular flexibility index (Phi) is 6.58. The zero-order chi connectivity index (χ0) is 31.2. The molecule has 0 spiro atoms. The van der Waals surface area contributed by atoms with E-state index in [1.54, 1.807) is 11.3 Å². The van der Waals surface area contributed by atoms with Crippen molar-refractivity contribution in [1.82, 2.24) is 4.98 Å². The maximum Gasteiger partial charge on any atom is 0.124 e. The Hall–Kier alpha value is -5.77. The normalized spacial score (nSPS) is 12.9. The van der Waals surface area contributed by atoms with Crippen LogP contribution in [0.1, 0.15) is 22.3 Å². The van der Waals surface area contributed by atoms with Crippen LogP contribution in [-0.2, 0) is 5.41 Å². The molecule has 3 heteroatoms. The molecule has 7 aromatic carbocycles. The van der Waals surface area contributed by atoms with E-state index in [9.17, 15) is 0 Å². The van der Waals surface area contributed by atoms with Crippen LogP contribution in [0.4, 0.5) is 17.1 Å². The number of anilines is 3. The smallest absolute Gasteiger partial charge is 0.124 e. The monoisotopic (exact) mass is 618 g/mol. The van der Waals surface area contributed by atoms with Gasteiger partial charge in [-0.15, -0.1) is 11.3 Å². The molecule has 0 fully saturated rings. The zero-order valence-corrected chi connectivity index (χ0v) is 26.4. The molecular formula is C44H30N2S. The van der Waals surface area contributed by atoms with Gasteiger partial charge in [0.2, 0.25) is 0 Å². The molecule has 2 nitrogen and oxygen atoms in total. The summed E-state index contributed by atoms with van der Waals surface area (Å²) in [7, 11) is 0. The quantitative estimate of drug-likeness (QED) is 0.184. The first-order chi connectivity index (χ1) is 23.3. The number of para-hydroxylation sites is 1. The lowest BCUT2D eigenvalue weighted by atomic mass is 9.67. The summed E-state index contributed by atoms with van der Waals surface area (Å²) in [4.78, 5) is 7.46. The van der Waals surface area contributed by atoms with Crippen molar-refractivity contribution in [1.29, 1.82) is 0 Å². The van der Waals surface area contributed by atoms with Crippen molar-refractivity contribution in [2.45, 2.75) is 5.41 Å². The molecule has 0 saturated heterocycles. The zero-order valence-electron chi connectivity index (χ0n) is 25.6. The second-order valence-electron chi connectivity index (χ2n) is 12.0. The van der Waals surface area contributed by atoms with E-state index in [2.05, 4.69) is 181 Å². The Bertz CT molecular complexity index is 2310. The molecule has 0 atom stereocenters. The Morgan fingerprint density at radius 3 is 1.70 bits per heavy atom. The van der Waals surface area contributed by atoms with E-state index in [4.69, 9.17) is 4.98 Å². The molecule has 47 heavy (non-hydrogen) atoms. The predicted molar refractivity (Wildman–Crippen MR) is 197 cm³/mol. The van der Waals surface area contributed by atoms with Crippen LogP contribution in [0.5, 0.6) is 0 Å². The average molecular weight is 619 g/mol. The minimum absolute atomic E-state index is 0.462. The van der Waals surface area contributed by atoms with Crippen LogP contribution in [0, 0.1) is 0 Å². The molecule has 0 unspecified atom stereocenters. The van der Waals surface area contributed by atoms with E-state index in [0.717, 1.165) is 33.1 Å². The topological polar surface area (TPSA) is 16.1 Å². The molecule has 0 N–H and O–H groups in total. The SMILES string of the molecule is c1ccc(-c2nc3cc(N(c4ccccc4)c4ccc5c(c4)C(c4ccccc4)(c4ccccc4)c4ccccc4-5)ccc3s2)cc1. The molecule has 1 heterocycles. The minimum atomic E-state index is -0.462. The van der Waals surface area contributed by atoms with Gasteiger partial charge in [-0.1, -0.05) is 140 Å². The van der Waals surface area contributed by atoms with Crippen molar-refractivity contribution in [2.75, 3.05) is 4.90 Å². The number of nitrogens with zero attached hydrogens (tertiary/aromatic N) is 2. The number of benzene rings is 7. The van der Waals surface area contributed by atoms with Gasteiger partial charge in [0.25, 0.3) is 0 Å². The van der Waals surface area contributed by atoms with Gasteiger partial charge in [0.1, 0.15) is 5.01 Å². The molecule has 0 aliphatic heterocycles. The summed E-state index contributed by atoms with van der Waals surface area (Å²) >= 11 is 1.74. The largest absolute Gasteiger partial charge is 0.310 e. The number of aromatic nitrogens is 1. The highest BCUT2D eigenvalue weighted by molar-refractivity contribution is 7.21. The van der Waals surface area contributed by atoms with Crippen LogP contribution in [0.25, 0.3) is 31.9 Å². The molecule has 0 saturated carbocycles. The lowest BCUT2D eigenvalue weighted by molar-refractivity contribution is 0.768. The third kappa shape index (κ3) is 4.43. The Balaban J connectivity index is 1.28. The van der Waals surface area contributed by atoms with Crippen molar-refractivity contribution >= 4 is 38.6 Å². The fraction of sp³-hybridized carbons (Fsp3) is 0.0227. The van der Waals surface area contributed by atoms with Crippen LogP contribution < -0.4 is 4.90 Å².